The highest BCUT2D eigenvalue weighted by molar-refractivity contribution is 6.30. The molecule has 154 valence electrons. The molecule has 29 heavy (non-hydrogen) atoms. The number of benzene rings is 1. The van der Waals surface area contributed by atoms with Crippen LogP contribution in [-0.4, -0.2) is 27.6 Å². The topological polar surface area (TPSA) is 60.5 Å². The third-order valence-corrected chi connectivity index (χ3v) is 5.19. The Labute approximate surface area is 176 Å². The van der Waals surface area contributed by atoms with E-state index in [0.717, 1.165) is 34.8 Å². The highest BCUT2D eigenvalue weighted by Crippen LogP contribution is 2.23. The SMILES string of the molecule is CCn1nc(C)c(CN(C)C(=O)c2ccc(COc3ccc(Cl)cc3C)o2)c1C. The van der Waals surface area contributed by atoms with Gasteiger partial charge in [0.05, 0.1) is 5.69 Å². The molecule has 0 atom stereocenters. The van der Waals surface area contributed by atoms with Gasteiger partial charge in [0.15, 0.2) is 5.76 Å². The molecule has 0 fully saturated rings. The summed E-state index contributed by atoms with van der Waals surface area (Å²) >= 11 is 5.97. The quantitative estimate of drug-likeness (QED) is 0.549. The molecule has 0 spiro atoms. The molecule has 0 saturated carbocycles. The van der Waals surface area contributed by atoms with Crippen molar-refractivity contribution in [2.24, 2.45) is 0 Å². The van der Waals surface area contributed by atoms with E-state index in [-0.39, 0.29) is 18.3 Å². The number of hydrogen-bond acceptors (Lipinski definition) is 4. The number of aryl methyl sites for hydroxylation is 3. The lowest BCUT2D eigenvalue weighted by Crippen LogP contribution is -2.26. The Morgan fingerprint density at radius 2 is 2.00 bits per heavy atom. The summed E-state index contributed by atoms with van der Waals surface area (Å²) in [5.74, 6) is 1.43. The fourth-order valence-electron chi connectivity index (χ4n) is 3.26. The molecule has 2 aromatic heterocycles. The van der Waals surface area contributed by atoms with E-state index in [0.29, 0.717) is 17.3 Å². The monoisotopic (exact) mass is 415 g/mol. The number of amides is 1. The van der Waals surface area contributed by atoms with Gasteiger partial charge in [0.2, 0.25) is 0 Å². The first-order valence-electron chi connectivity index (χ1n) is 9.56. The average molecular weight is 416 g/mol. The summed E-state index contributed by atoms with van der Waals surface area (Å²) in [6.07, 6.45) is 0. The molecular weight excluding hydrogens is 390 g/mol. The summed E-state index contributed by atoms with van der Waals surface area (Å²) in [6.45, 7) is 9.49. The Hall–Kier alpha value is -2.73. The summed E-state index contributed by atoms with van der Waals surface area (Å²) in [7, 11) is 1.76. The third kappa shape index (κ3) is 4.65. The van der Waals surface area contributed by atoms with Gasteiger partial charge in [-0.1, -0.05) is 11.6 Å². The molecule has 0 radical (unpaired) electrons. The van der Waals surface area contributed by atoms with Crippen LogP contribution in [0.25, 0.3) is 0 Å². The Balaban J connectivity index is 1.65. The first kappa shape index (κ1) is 21.0. The van der Waals surface area contributed by atoms with Gasteiger partial charge in [-0.3, -0.25) is 9.48 Å². The van der Waals surface area contributed by atoms with Gasteiger partial charge in [-0.05, 0) is 63.6 Å². The van der Waals surface area contributed by atoms with Gasteiger partial charge in [-0.2, -0.15) is 5.10 Å². The number of furan rings is 1. The van der Waals surface area contributed by atoms with E-state index in [4.69, 9.17) is 20.8 Å². The van der Waals surface area contributed by atoms with Crippen molar-refractivity contribution in [1.29, 1.82) is 0 Å². The predicted molar refractivity (Wildman–Crippen MR) is 112 cm³/mol. The van der Waals surface area contributed by atoms with Crippen molar-refractivity contribution < 1.29 is 13.9 Å². The maximum atomic E-state index is 12.8. The van der Waals surface area contributed by atoms with Crippen LogP contribution in [0.2, 0.25) is 5.02 Å². The first-order chi connectivity index (χ1) is 13.8. The summed E-state index contributed by atoms with van der Waals surface area (Å²) in [5.41, 5.74) is 4.03. The highest BCUT2D eigenvalue weighted by Gasteiger charge is 2.20. The molecule has 2 heterocycles. The maximum absolute atomic E-state index is 12.8. The molecule has 3 aromatic rings. The van der Waals surface area contributed by atoms with Crippen molar-refractivity contribution in [3.05, 3.63) is 69.4 Å². The second kappa shape index (κ2) is 8.74. The second-order valence-electron chi connectivity index (χ2n) is 7.09. The molecule has 3 rings (SSSR count). The van der Waals surface area contributed by atoms with Crippen LogP contribution < -0.4 is 4.74 Å². The summed E-state index contributed by atoms with van der Waals surface area (Å²) in [4.78, 5) is 14.4. The van der Waals surface area contributed by atoms with Crippen molar-refractivity contribution in [1.82, 2.24) is 14.7 Å². The number of aromatic nitrogens is 2. The lowest BCUT2D eigenvalue weighted by Gasteiger charge is -2.16. The number of nitrogens with zero attached hydrogens (tertiary/aromatic N) is 3. The summed E-state index contributed by atoms with van der Waals surface area (Å²) in [5, 5.41) is 5.18. The molecule has 0 aliphatic heterocycles. The molecular formula is C22H26ClN3O3. The van der Waals surface area contributed by atoms with E-state index in [9.17, 15) is 4.79 Å². The number of halogens is 1. The molecule has 1 amide bonds. The minimum atomic E-state index is -0.179. The highest BCUT2D eigenvalue weighted by atomic mass is 35.5. The van der Waals surface area contributed by atoms with E-state index in [2.05, 4.69) is 12.0 Å². The average Bonchev–Trinajstić information content (AvgIpc) is 3.26. The molecule has 0 saturated heterocycles. The fraction of sp³-hybridized carbons (Fsp3) is 0.364. The Morgan fingerprint density at radius 1 is 1.24 bits per heavy atom. The second-order valence-corrected chi connectivity index (χ2v) is 7.53. The van der Waals surface area contributed by atoms with E-state index in [1.807, 2.05) is 37.6 Å². The van der Waals surface area contributed by atoms with E-state index < -0.39 is 0 Å². The fourth-order valence-corrected chi connectivity index (χ4v) is 3.49. The standard InChI is InChI=1S/C22H26ClN3O3/c1-6-26-16(4)19(15(3)24-26)12-25(5)22(27)21-10-8-18(29-21)13-28-20-9-7-17(23)11-14(20)2/h7-11H,6,12-13H2,1-5H3. The third-order valence-electron chi connectivity index (χ3n) is 4.95. The lowest BCUT2D eigenvalue weighted by atomic mass is 10.2. The minimum absolute atomic E-state index is 0.179. The van der Waals surface area contributed by atoms with Gasteiger partial charge in [-0.25, -0.2) is 0 Å². The van der Waals surface area contributed by atoms with Crippen LogP contribution in [0.1, 0.15) is 45.8 Å². The van der Waals surface area contributed by atoms with Gasteiger partial charge < -0.3 is 14.1 Å². The van der Waals surface area contributed by atoms with Crippen molar-refractivity contribution in [3.8, 4) is 5.75 Å². The lowest BCUT2D eigenvalue weighted by molar-refractivity contribution is 0.0749. The molecule has 0 bridgehead atoms. The minimum Gasteiger partial charge on any atom is -0.485 e. The zero-order valence-electron chi connectivity index (χ0n) is 17.5. The van der Waals surface area contributed by atoms with Crippen LogP contribution in [0.15, 0.2) is 34.7 Å². The van der Waals surface area contributed by atoms with Crippen LogP contribution in [0.5, 0.6) is 5.75 Å². The number of carbonyl (C=O) groups excluding carboxylic acids is 1. The molecule has 1 aromatic carbocycles. The Morgan fingerprint density at radius 3 is 2.66 bits per heavy atom. The van der Waals surface area contributed by atoms with Gasteiger partial charge >= 0.3 is 0 Å². The molecule has 0 aliphatic rings. The normalized spacial score (nSPS) is 11.0. The van der Waals surface area contributed by atoms with Gasteiger partial charge in [0, 0.05) is 36.4 Å². The molecule has 0 unspecified atom stereocenters. The zero-order chi connectivity index (χ0) is 21.1. The molecule has 7 heteroatoms. The van der Waals surface area contributed by atoms with Crippen molar-refractivity contribution in [3.63, 3.8) is 0 Å². The smallest absolute Gasteiger partial charge is 0.289 e. The van der Waals surface area contributed by atoms with Gasteiger partial charge in [0.25, 0.3) is 5.91 Å². The van der Waals surface area contributed by atoms with E-state index in [1.54, 1.807) is 30.1 Å². The zero-order valence-corrected chi connectivity index (χ0v) is 18.2. The van der Waals surface area contributed by atoms with Gasteiger partial charge in [-0.15, -0.1) is 0 Å². The summed E-state index contributed by atoms with van der Waals surface area (Å²) in [6, 6.07) is 8.88. The first-order valence-corrected chi connectivity index (χ1v) is 9.94. The Bertz CT molecular complexity index is 1020. The predicted octanol–water partition coefficient (Wildman–Crippen LogP) is 4.93. The van der Waals surface area contributed by atoms with Crippen LogP contribution in [-0.2, 0) is 19.7 Å². The van der Waals surface area contributed by atoms with E-state index in [1.165, 1.54) is 0 Å². The number of hydrogen-bond donors (Lipinski definition) is 0. The number of rotatable bonds is 7. The van der Waals surface area contributed by atoms with Gasteiger partial charge in [0.1, 0.15) is 18.1 Å². The van der Waals surface area contributed by atoms with Crippen LogP contribution in [0.3, 0.4) is 0 Å². The number of carbonyl (C=O) groups is 1. The molecule has 0 N–H and O–H groups in total. The Kier molecular flexibility index (Phi) is 6.33. The number of ether oxygens (including phenoxy) is 1. The van der Waals surface area contributed by atoms with Crippen molar-refractivity contribution >= 4 is 17.5 Å². The maximum Gasteiger partial charge on any atom is 0.289 e. The molecule has 6 nitrogen and oxygen atoms in total. The van der Waals surface area contributed by atoms with Crippen molar-refractivity contribution in [2.75, 3.05) is 7.05 Å². The van der Waals surface area contributed by atoms with Crippen LogP contribution in [0, 0.1) is 20.8 Å². The molecule has 0 aliphatic carbocycles. The largest absolute Gasteiger partial charge is 0.485 e. The van der Waals surface area contributed by atoms with Crippen LogP contribution >= 0.6 is 11.6 Å². The van der Waals surface area contributed by atoms with Crippen molar-refractivity contribution in [2.45, 2.75) is 47.4 Å². The van der Waals surface area contributed by atoms with Crippen LogP contribution in [0.4, 0.5) is 0 Å². The van der Waals surface area contributed by atoms with E-state index >= 15 is 0 Å². The summed E-state index contributed by atoms with van der Waals surface area (Å²) < 4.78 is 13.4.